The smallest absolute Gasteiger partial charge is 0.182 e. The Morgan fingerprint density at radius 2 is 2.31 bits per heavy atom. The van der Waals surface area contributed by atoms with Gasteiger partial charge in [-0.05, 0) is 47.7 Å². The Balaban J connectivity index is 2.91. The van der Waals surface area contributed by atoms with Gasteiger partial charge < -0.3 is 9.84 Å². The highest BCUT2D eigenvalue weighted by Crippen LogP contribution is 2.25. The second-order valence-corrected chi connectivity index (χ2v) is 4.13. The molecule has 2 nitrogen and oxygen atoms in total. The van der Waals surface area contributed by atoms with Crippen molar-refractivity contribution in [2.45, 2.75) is 13.2 Å². The van der Waals surface area contributed by atoms with Crippen LogP contribution < -0.4 is 0 Å². The van der Waals surface area contributed by atoms with Gasteiger partial charge in [0.05, 0.1) is 0 Å². The lowest BCUT2D eigenvalue weighted by Crippen LogP contribution is -2.03. The van der Waals surface area contributed by atoms with E-state index in [-0.39, 0.29) is 0 Å². The van der Waals surface area contributed by atoms with Crippen LogP contribution in [-0.2, 0) is 4.74 Å². The lowest BCUT2D eigenvalue weighted by atomic mass is 10.2. The van der Waals surface area contributed by atoms with Crippen molar-refractivity contribution in [1.82, 2.24) is 0 Å². The molecule has 72 valence electrons. The molecule has 1 N–H and O–H groups in total. The third-order valence-corrected chi connectivity index (χ3v) is 2.56. The number of ether oxygens (including phenoxy) is 1. The molecule has 0 bridgehead atoms. The molecule has 0 aliphatic carbocycles. The largest absolute Gasteiger partial charge is 0.364 e. The predicted octanol–water partition coefficient (Wildman–Crippen LogP) is 2.97. The van der Waals surface area contributed by atoms with Crippen LogP contribution in [0.5, 0.6) is 0 Å². The van der Waals surface area contributed by atoms with Crippen LogP contribution in [0.3, 0.4) is 0 Å². The highest BCUT2D eigenvalue weighted by atomic mass is 127. The van der Waals surface area contributed by atoms with Crippen LogP contribution in [0, 0.1) is 3.57 Å². The normalized spacial score (nSPS) is 12.9. The summed E-state index contributed by atoms with van der Waals surface area (Å²) < 4.78 is 6.06. The van der Waals surface area contributed by atoms with Crippen LogP contribution in [-0.4, -0.2) is 11.7 Å². The van der Waals surface area contributed by atoms with Crippen molar-refractivity contribution in [3.63, 3.8) is 0 Å². The molecule has 0 aromatic heterocycles. The summed E-state index contributed by atoms with van der Waals surface area (Å²) in [4.78, 5) is 0. The highest BCUT2D eigenvalue weighted by molar-refractivity contribution is 14.1. The zero-order valence-corrected chi connectivity index (χ0v) is 10.0. The van der Waals surface area contributed by atoms with E-state index < -0.39 is 6.29 Å². The minimum Gasteiger partial charge on any atom is -0.364 e. The molecule has 0 spiro atoms. The van der Waals surface area contributed by atoms with Gasteiger partial charge in [-0.15, -0.1) is 0 Å². The monoisotopic (exact) mass is 312 g/mol. The zero-order chi connectivity index (χ0) is 9.84. The third-order valence-electron chi connectivity index (χ3n) is 1.55. The molecule has 1 aromatic rings. The molecule has 0 saturated heterocycles. The molecule has 1 atom stereocenters. The first-order valence-corrected chi connectivity index (χ1v) is 5.35. The van der Waals surface area contributed by atoms with Gasteiger partial charge in [-0.2, -0.15) is 0 Å². The minimum atomic E-state index is -0.924. The Bertz CT molecular complexity index is 291. The summed E-state index contributed by atoms with van der Waals surface area (Å²) >= 11 is 8.04. The standard InChI is InChI=1S/C9H10ClIO2/c1-2-13-9(12)7-5-6(11)3-4-8(7)10/h3-5,9,12H,2H2,1H3. The Hall–Kier alpha value is 0.160. The zero-order valence-electron chi connectivity index (χ0n) is 7.13. The van der Waals surface area contributed by atoms with E-state index in [9.17, 15) is 5.11 Å². The number of benzene rings is 1. The molecule has 0 aliphatic heterocycles. The molecular formula is C9H10ClIO2. The second kappa shape index (κ2) is 5.14. The maximum absolute atomic E-state index is 9.52. The number of hydrogen-bond donors (Lipinski definition) is 1. The van der Waals surface area contributed by atoms with Crippen LogP contribution in [0.15, 0.2) is 18.2 Å². The van der Waals surface area contributed by atoms with Crippen LogP contribution in [0.4, 0.5) is 0 Å². The molecular weight excluding hydrogens is 302 g/mol. The van der Waals surface area contributed by atoms with Gasteiger partial charge >= 0.3 is 0 Å². The molecule has 0 radical (unpaired) electrons. The number of aliphatic hydroxyl groups excluding tert-OH is 1. The van der Waals surface area contributed by atoms with Crippen molar-refractivity contribution in [3.8, 4) is 0 Å². The maximum atomic E-state index is 9.52. The van der Waals surface area contributed by atoms with Crippen molar-refractivity contribution in [1.29, 1.82) is 0 Å². The van der Waals surface area contributed by atoms with Gasteiger partial charge in [0.1, 0.15) is 0 Å². The van der Waals surface area contributed by atoms with Crippen LogP contribution in [0.25, 0.3) is 0 Å². The fraction of sp³-hybridized carbons (Fsp3) is 0.333. The Labute approximate surface area is 96.0 Å². The van der Waals surface area contributed by atoms with Gasteiger partial charge in [0.2, 0.25) is 0 Å². The topological polar surface area (TPSA) is 29.5 Å². The van der Waals surface area contributed by atoms with Crippen LogP contribution in [0.2, 0.25) is 5.02 Å². The van der Waals surface area contributed by atoms with E-state index in [0.29, 0.717) is 17.2 Å². The van der Waals surface area contributed by atoms with Gasteiger partial charge in [0, 0.05) is 20.8 Å². The van der Waals surface area contributed by atoms with Gasteiger partial charge in [-0.3, -0.25) is 0 Å². The lowest BCUT2D eigenvalue weighted by molar-refractivity contribution is -0.0979. The number of halogens is 2. The third kappa shape index (κ3) is 3.09. The van der Waals surface area contributed by atoms with Crippen molar-refractivity contribution < 1.29 is 9.84 Å². The summed E-state index contributed by atoms with van der Waals surface area (Å²) in [5.74, 6) is 0. The van der Waals surface area contributed by atoms with E-state index in [0.717, 1.165) is 3.57 Å². The number of aliphatic hydroxyl groups is 1. The van der Waals surface area contributed by atoms with E-state index in [1.54, 1.807) is 6.07 Å². The molecule has 1 rings (SSSR count). The van der Waals surface area contributed by atoms with E-state index in [4.69, 9.17) is 16.3 Å². The number of rotatable bonds is 3. The summed E-state index contributed by atoms with van der Waals surface area (Å²) in [7, 11) is 0. The van der Waals surface area contributed by atoms with Gasteiger partial charge in [-0.25, -0.2) is 0 Å². The Morgan fingerprint density at radius 1 is 1.62 bits per heavy atom. The molecule has 0 saturated carbocycles. The van der Waals surface area contributed by atoms with Gasteiger partial charge in [0.15, 0.2) is 6.29 Å². The molecule has 4 heteroatoms. The molecule has 1 aromatic carbocycles. The molecule has 1 unspecified atom stereocenters. The molecule has 0 fully saturated rings. The van der Waals surface area contributed by atoms with Crippen molar-refractivity contribution in [2.75, 3.05) is 6.61 Å². The SMILES string of the molecule is CCOC(O)c1cc(I)ccc1Cl. The Morgan fingerprint density at radius 3 is 2.92 bits per heavy atom. The van der Waals surface area contributed by atoms with E-state index in [1.807, 2.05) is 19.1 Å². The molecule has 13 heavy (non-hydrogen) atoms. The number of hydrogen-bond acceptors (Lipinski definition) is 2. The van der Waals surface area contributed by atoms with Crippen molar-refractivity contribution >= 4 is 34.2 Å². The lowest BCUT2D eigenvalue weighted by Gasteiger charge is -2.12. The van der Waals surface area contributed by atoms with Crippen LogP contribution in [0.1, 0.15) is 18.8 Å². The quantitative estimate of drug-likeness (QED) is 0.687. The molecule has 0 heterocycles. The van der Waals surface area contributed by atoms with E-state index in [1.165, 1.54) is 0 Å². The summed E-state index contributed by atoms with van der Waals surface area (Å²) in [5.41, 5.74) is 0.621. The highest BCUT2D eigenvalue weighted by Gasteiger charge is 2.11. The van der Waals surface area contributed by atoms with Gasteiger partial charge in [-0.1, -0.05) is 11.6 Å². The summed E-state index contributed by atoms with van der Waals surface area (Å²) in [6.07, 6.45) is -0.924. The summed E-state index contributed by atoms with van der Waals surface area (Å²) in [5, 5.41) is 10.0. The van der Waals surface area contributed by atoms with Crippen molar-refractivity contribution in [2.24, 2.45) is 0 Å². The predicted molar refractivity (Wildman–Crippen MR) is 60.8 cm³/mol. The summed E-state index contributed by atoms with van der Waals surface area (Å²) in [6, 6.07) is 5.44. The molecule has 0 amide bonds. The first-order valence-electron chi connectivity index (χ1n) is 3.89. The first-order chi connectivity index (χ1) is 6.15. The van der Waals surface area contributed by atoms with Gasteiger partial charge in [0.25, 0.3) is 0 Å². The Kier molecular flexibility index (Phi) is 4.45. The average molecular weight is 313 g/mol. The van der Waals surface area contributed by atoms with Crippen molar-refractivity contribution in [3.05, 3.63) is 32.4 Å². The average Bonchev–Trinajstić information content (AvgIpc) is 2.09. The first kappa shape index (κ1) is 11.2. The fourth-order valence-corrected chi connectivity index (χ4v) is 1.68. The molecule has 0 aliphatic rings. The van der Waals surface area contributed by atoms with E-state index >= 15 is 0 Å². The minimum absolute atomic E-state index is 0.461. The fourth-order valence-electron chi connectivity index (χ4n) is 0.952. The maximum Gasteiger partial charge on any atom is 0.182 e. The summed E-state index contributed by atoms with van der Waals surface area (Å²) in [6.45, 7) is 2.29. The second-order valence-electron chi connectivity index (χ2n) is 2.47. The van der Waals surface area contributed by atoms with E-state index in [2.05, 4.69) is 22.6 Å². The van der Waals surface area contributed by atoms with Crippen LogP contribution >= 0.6 is 34.2 Å².